The highest BCUT2D eigenvalue weighted by Gasteiger charge is 2.32. The first-order valence-corrected chi connectivity index (χ1v) is 13.3. The number of piperidine rings is 1. The predicted molar refractivity (Wildman–Crippen MR) is 137 cm³/mol. The molecule has 3 aromatic rings. The summed E-state index contributed by atoms with van der Waals surface area (Å²) >= 11 is 3.06. The summed E-state index contributed by atoms with van der Waals surface area (Å²) in [4.78, 5) is 21.4. The molecule has 0 spiro atoms. The van der Waals surface area contributed by atoms with E-state index >= 15 is 0 Å². The van der Waals surface area contributed by atoms with Gasteiger partial charge in [-0.05, 0) is 62.2 Å². The number of fused-ring (bicyclic) bond motifs is 1. The number of halogens is 1. The summed E-state index contributed by atoms with van der Waals surface area (Å²) in [5, 5.41) is 19.2. The van der Waals surface area contributed by atoms with Crippen LogP contribution in [-0.4, -0.2) is 58.0 Å². The number of thioether (sulfide) groups is 1. The molecule has 2 aliphatic rings. The van der Waals surface area contributed by atoms with Crippen molar-refractivity contribution in [1.29, 1.82) is 5.26 Å². The fourth-order valence-electron chi connectivity index (χ4n) is 4.61. The van der Waals surface area contributed by atoms with Crippen LogP contribution in [0.3, 0.4) is 0 Å². The number of imidazole rings is 1. The fraction of sp³-hybridized carbons (Fsp3) is 0.417. The average molecular weight is 512 g/mol. The molecule has 2 aliphatic heterocycles. The minimum Gasteiger partial charge on any atom is -0.354 e. The highest BCUT2D eigenvalue weighted by Crippen LogP contribution is 2.39. The number of anilines is 1. The Morgan fingerprint density at radius 1 is 1.31 bits per heavy atom. The summed E-state index contributed by atoms with van der Waals surface area (Å²) in [5.41, 5.74) is 2.20. The average Bonchev–Trinajstić information content (AvgIpc) is 3.57. The third-order valence-corrected chi connectivity index (χ3v) is 8.77. The van der Waals surface area contributed by atoms with E-state index in [0.717, 1.165) is 65.7 Å². The molecule has 1 N–H and O–H groups in total. The Morgan fingerprint density at radius 3 is 2.71 bits per heavy atom. The van der Waals surface area contributed by atoms with Crippen molar-refractivity contribution < 1.29 is 9.18 Å². The van der Waals surface area contributed by atoms with Gasteiger partial charge in [0.25, 0.3) is 0 Å². The van der Waals surface area contributed by atoms with Gasteiger partial charge in [0.15, 0.2) is 11.3 Å². The van der Waals surface area contributed by atoms with Crippen LogP contribution in [0.2, 0.25) is 0 Å². The van der Waals surface area contributed by atoms with Crippen LogP contribution in [0.5, 0.6) is 0 Å². The third-order valence-electron chi connectivity index (χ3n) is 6.51. The van der Waals surface area contributed by atoms with Crippen molar-refractivity contribution in [3.8, 4) is 6.07 Å². The number of hydrogen-bond acceptors (Lipinski definition) is 9. The topological polar surface area (TPSA) is 89.6 Å². The Labute approximate surface area is 211 Å². The van der Waals surface area contributed by atoms with E-state index in [1.165, 1.54) is 23.9 Å². The Bertz CT molecular complexity index is 1300. The summed E-state index contributed by atoms with van der Waals surface area (Å²) in [6, 6.07) is 8.44. The molecule has 0 amide bonds. The zero-order valence-corrected chi connectivity index (χ0v) is 21.2. The molecule has 1 fully saturated rings. The van der Waals surface area contributed by atoms with E-state index in [1.807, 2.05) is 11.6 Å². The maximum Gasteiger partial charge on any atom is 0.214 e. The molecule has 0 aliphatic carbocycles. The fourth-order valence-corrected chi connectivity index (χ4v) is 6.69. The molecule has 1 unspecified atom stereocenters. The number of hydrogen-bond donors (Lipinski definition) is 1. The van der Waals surface area contributed by atoms with E-state index in [0.29, 0.717) is 23.1 Å². The lowest BCUT2D eigenvalue weighted by atomic mass is 9.98. The third kappa shape index (κ3) is 4.53. The number of nitrogens with one attached hydrogen (secondary N) is 1. The van der Waals surface area contributed by atoms with Crippen molar-refractivity contribution >= 4 is 45.9 Å². The number of carbonyl (C=O) groups excluding carboxylic acids is 1. The van der Waals surface area contributed by atoms with Crippen LogP contribution in [0.15, 0.2) is 29.2 Å². The molecule has 8 nitrogen and oxygen atoms in total. The number of allylic oxidation sites excluding steroid dienone is 1. The van der Waals surface area contributed by atoms with Gasteiger partial charge < -0.3 is 15.0 Å². The largest absolute Gasteiger partial charge is 0.354 e. The predicted octanol–water partition coefficient (Wildman–Crippen LogP) is 3.82. The van der Waals surface area contributed by atoms with Gasteiger partial charge in [0.2, 0.25) is 4.96 Å². The first-order chi connectivity index (χ1) is 17.0. The highest BCUT2D eigenvalue weighted by molar-refractivity contribution is 8.04. The number of likely N-dealkylation sites (tertiary alicyclic amines) is 1. The van der Waals surface area contributed by atoms with Crippen LogP contribution in [0.1, 0.15) is 41.9 Å². The second kappa shape index (κ2) is 9.97. The summed E-state index contributed by atoms with van der Waals surface area (Å²) in [6.45, 7) is 4.37. The monoisotopic (exact) mass is 511 g/mol. The van der Waals surface area contributed by atoms with Gasteiger partial charge in [-0.25, -0.2) is 9.37 Å². The smallest absolute Gasteiger partial charge is 0.214 e. The molecule has 2 aromatic heterocycles. The van der Waals surface area contributed by atoms with E-state index in [9.17, 15) is 14.4 Å². The molecule has 1 atom stereocenters. The number of aldehydes is 1. The van der Waals surface area contributed by atoms with Gasteiger partial charge in [0, 0.05) is 13.0 Å². The molecule has 0 radical (unpaired) electrons. The molecular formula is C24H26FN7OS2. The highest BCUT2D eigenvalue weighted by atomic mass is 32.2. The van der Waals surface area contributed by atoms with Gasteiger partial charge >= 0.3 is 0 Å². The van der Waals surface area contributed by atoms with Crippen LogP contribution < -0.4 is 10.2 Å². The summed E-state index contributed by atoms with van der Waals surface area (Å²) in [6.07, 6.45) is 3.69. The molecule has 11 heteroatoms. The zero-order valence-electron chi connectivity index (χ0n) is 19.6. The first-order valence-electron chi connectivity index (χ1n) is 11.6. The number of aryl methyl sites for hydroxylation is 1. The summed E-state index contributed by atoms with van der Waals surface area (Å²) < 4.78 is 15.3. The molecule has 5 rings (SSSR count). The quantitative estimate of drug-likeness (QED) is 0.479. The Balaban J connectivity index is 1.39. The van der Waals surface area contributed by atoms with Gasteiger partial charge in [0.05, 0.1) is 17.9 Å². The van der Waals surface area contributed by atoms with E-state index in [-0.39, 0.29) is 11.3 Å². The second-order valence-corrected chi connectivity index (χ2v) is 10.7. The SMILES string of the molecule is CCc1nc2sc(C3CCN(CC=O)CC3)nn2c1N(C)C1NC(c2ccc(F)cc2)=C(C#N)S1. The van der Waals surface area contributed by atoms with E-state index in [4.69, 9.17) is 10.1 Å². The number of nitriles is 1. The lowest BCUT2D eigenvalue weighted by Gasteiger charge is -2.29. The molecule has 1 saturated heterocycles. The Kier molecular flexibility index (Phi) is 6.77. The standard InChI is InChI=1S/C24H26FN7OS2/c1-3-18-22(30(2)23-28-20(19(14-26)34-23)15-4-6-17(25)7-5-15)32-24(27-18)35-21(29-32)16-8-10-31(11-9-16)12-13-33/h4-7,13,16,23,28H,3,8-12H2,1-2H3. The molecule has 182 valence electrons. The number of benzene rings is 1. The van der Waals surface area contributed by atoms with Crippen molar-refractivity contribution in [3.63, 3.8) is 0 Å². The van der Waals surface area contributed by atoms with Crippen molar-refractivity contribution in [3.05, 3.63) is 51.3 Å². The number of rotatable bonds is 7. The van der Waals surface area contributed by atoms with E-state index in [1.54, 1.807) is 23.5 Å². The first kappa shape index (κ1) is 23.8. The second-order valence-electron chi connectivity index (χ2n) is 8.66. The number of carbonyl (C=O) groups is 1. The van der Waals surface area contributed by atoms with E-state index in [2.05, 4.69) is 28.1 Å². The van der Waals surface area contributed by atoms with Crippen molar-refractivity contribution in [2.24, 2.45) is 0 Å². The van der Waals surface area contributed by atoms with Crippen molar-refractivity contribution in [2.45, 2.75) is 37.6 Å². The van der Waals surface area contributed by atoms with Crippen LogP contribution >= 0.6 is 23.1 Å². The van der Waals surface area contributed by atoms with Gasteiger partial charge in [-0.2, -0.15) is 14.9 Å². The summed E-state index contributed by atoms with van der Waals surface area (Å²) in [5.74, 6) is 0.963. The van der Waals surface area contributed by atoms with Gasteiger partial charge in [-0.3, -0.25) is 4.90 Å². The van der Waals surface area contributed by atoms with Crippen LogP contribution in [0, 0.1) is 17.1 Å². The Morgan fingerprint density at radius 2 is 2.06 bits per heavy atom. The lowest BCUT2D eigenvalue weighted by molar-refractivity contribution is -0.109. The molecule has 35 heavy (non-hydrogen) atoms. The molecular weight excluding hydrogens is 485 g/mol. The van der Waals surface area contributed by atoms with Crippen molar-refractivity contribution in [2.75, 3.05) is 31.6 Å². The lowest BCUT2D eigenvalue weighted by Crippen LogP contribution is -2.38. The molecule has 4 heterocycles. The zero-order chi connectivity index (χ0) is 24.5. The number of aromatic nitrogens is 3. The Hall–Kier alpha value is -2.94. The van der Waals surface area contributed by atoms with Crippen molar-refractivity contribution in [1.82, 2.24) is 24.8 Å². The molecule has 1 aromatic carbocycles. The van der Waals surface area contributed by atoms with Crippen LogP contribution in [0.4, 0.5) is 10.2 Å². The maximum absolute atomic E-state index is 13.4. The summed E-state index contributed by atoms with van der Waals surface area (Å²) in [7, 11) is 1.98. The van der Waals surface area contributed by atoms with Crippen LogP contribution in [-0.2, 0) is 11.2 Å². The van der Waals surface area contributed by atoms with Gasteiger partial charge in [-0.15, -0.1) is 0 Å². The van der Waals surface area contributed by atoms with Crippen LogP contribution in [0.25, 0.3) is 10.7 Å². The number of nitrogens with zero attached hydrogens (tertiary/aromatic N) is 6. The van der Waals surface area contributed by atoms with Gasteiger partial charge in [0.1, 0.15) is 28.1 Å². The van der Waals surface area contributed by atoms with E-state index < -0.39 is 0 Å². The normalized spacial score (nSPS) is 19.2. The minimum atomic E-state index is -0.310. The minimum absolute atomic E-state index is 0.230. The maximum atomic E-state index is 13.4. The molecule has 0 bridgehead atoms. The molecule has 0 saturated carbocycles. The van der Waals surface area contributed by atoms with Gasteiger partial charge in [-0.1, -0.05) is 30.0 Å².